The first-order valence-electron chi connectivity index (χ1n) is 3.01. The fourth-order valence-corrected chi connectivity index (χ4v) is 0.492. The zero-order valence-corrected chi connectivity index (χ0v) is 6.58. The summed E-state index contributed by atoms with van der Waals surface area (Å²) in [5, 5.41) is 8.13. The molecule has 0 aliphatic heterocycles. The van der Waals surface area contributed by atoms with Crippen LogP contribution in [0.25, 0.3) is 0 Å². The highest BCUT2D eigenvalue weighted by atomic mass is 19.4. The highest BCUT2D eigenvalue weighted by Gasteiger charge is 2.75. The number of methoxy groups -OCH3 is 1. The molecule has 0 amide bonds. The van der Waals surface area contributed by atoms with Crippen LogP contribution in [0.1, 0.15) is 0 Å². The minimum absolute atomic E-state index is 0.366. The van der Waals surface area contributed by atoms with Crippen LogP contribution in [0.3, 0.4) is 0 Å². The summed E-state index contributed by atoms with van der Waals surface area (Å²) in [6.45, 7) is 0. The molecule has 0 aliphatic carbocycles. The topological polar surface area (TPSA) is 29.5 Å². The fourth-order valence-electron chi connectivity index (χ4n) is 0.492. The van der Waals surface area contributed by atoms with Crippen LogP contribution in [0.2, 0.25) is 0 Å². The van der Waals surface area contributed by atoms with Crippen LogP contribution in [0, 0.1) is 0 Å². The minimum Gasteiger partial charge on any atom is -0.363 e. The molecule has 0 unspecified atom stereocenters. The Kier molecular flexibility index (Phi) is 3.39. The van der Waals surface area contributed by atoms with Crippen molar-refractivity contribution in [2.45, 2.75) is 24.3 Å². The molecule has 0 rings (SSSR count). The van der Waals surface area contributed by atoms with E-state index >= 15 is 0 Å². The largest absolute Gasteiger partial charge is 0.460 e. The first-order valence-corrected chi connectivity index (χ1v) is 3.01. The molecule has 0 aromatic rings. The first kappa shape index (κ1) is 13.4. The molecule has 2 nitrogen and oxygen atoms in total. The lowest BCUT2D eigenvalue weighted by atomic mass is 10.1. The van der Waals surface area contributed by atoms with Crippen molar-refractivity contribution in [2.75, 3.05) is 7.11 Å². The monoisotopic (exact) mass is 230 g/mol. The number of ether oxygens (including phenoxy) is 1. The molecule has 0 aromatic carbocycles. The number of alkyl halides is 7. The second-order valence-electron chi connectivity index (χ2n) is 2.28. The van der Waals surface area contributed by atoms with E-state index in [0.717, 1.165) is 0 Å². The van der Waals surface area contributed by atoms with Crippen molar-refractivity contribution in [3.05, 3.63) is 0 Å². The summed E-state index contributed by atoms with van der Waals surface area (Å²) in [7, 11) is 0.366. The van der Waals surface area contributed by atoms with E-state index in [4.69, 9.17) is 5.11 Å². The van der Waals surface area contributed by atoms with Gasteiger partial charge in [-0.3, -0.25) is 0 Å². The predicted molar refractivity (Wildman–Crippen MR) is 29.0 cm³/mol. The van der Waals surface area contributed by atoms with E-state index in [1.165, 1.54) is 0 Å². The molecule has 14 heavy (non-hydrogen) atoms. The zero-order valence-electron chi connectivity index (χ0n) is 6.58. The Bertz CT molecular complexity index is 199. The molecular weight excluding hydrogens is 225 g/mol. The summed E-state index contributed by atoms with van der Waals surface area (Å²) in [6, 6.07) is 0. The van der Waals surface area contributed by atoms with Crippen LogP contribution in [-0.4, -0.2) is 36.5 Å². The second kappa shape index (κ2) is 3.54. The summed E-state index contributed by atoms with van der Waals surface area (Å²) in [5.74, 6) is -12.1. The Hall–Kier alpha value is -0.570. The van der Waals surface area contributed by atoms with Gasteiger partial charge in [-0.2, -0.15) is 30.7 Å². The molecule has 0 saturated carbocycles. The molecule has 0 radical (unpaired) electrons. The molecule has 0 saturated heterocycles. The van der Waals surface area contributed by atoms with E-state index in [-0.39, 0.29) is 0 Å². The average molecular weight is 230 g/mol. The Balaban J connectivity index is 5.07. The number of hydrogen-bond donors (Lipinski definition) is 1. The first-order chi connectivity index (χ1) is 5.98. The molecular formula is C5H5F7O2. The minimum atomic E-state index is -6.46. The van der Waals surface area contributed by atoms with Crippen molar-refractivity contribution in [1.82, 2.24) is 0 Å². The van der Waals surface area contributed by atoms with Gasteiger partial charge in [0.2, 0.25) is 6.29 Å². The lowest BCUT2D eigenvalue weighted by molar-refractivity contribution is -0.393. The highest BCUT2D eigenvalue weighted by molar-refractivity contribution is 4.92. The molecule has 0 fully saturated rings. The maximum absolute atomic E-state index is 12.2. The average Bonchev–Trinajstić information content (AvgIpc) is 2.00. The summed E-state index contributed by atoms with van der Waals surface area (Å²) in [5.41, 5.74) is 0. The molecule has 9 heteroatoms. The van der Waals surface area contributed by atoms with Crippen LogP contribution in [0.4, 0.5) is 30.7 Å². The van der Waals surface area contributed by atoms with E-state index in [0.29, 0.717) is 7.11 Å². The van der Waals surface area contributed by atoms with Gasteiger partial charge < -0.3 is 9.84 Å². The summed E-state index contributed by atoms with van der Waals surface area (Å²) in [6.07, 6.45) is -9.99. The molecule has 0 spiro atoms. The van der Waals surface area contributed by atoms with Gasteiger partial charge in [0.15, 0.2) is 0 Å². The molecule has 0 heterocycles. The van der Waals surface area contributed by atoms with Gasteiger partial charge in [0.05, 0.1) is 0 Å². The van der Waals surface area contributed by atoms with Crippen LogP contribution in [0.5, 0.6) is 0 Å². The maximum atomic E-state index is 12.2. The quantitative estimate of drug-likeness (QED) is 0.591. The second-order valence-corrected chi connectivity index (χ2v) is 2.28. The molecule has 0 aliphatic rings. The van der Waals surface area contributed by atoms with Crippen LogP contribution < -0.4 is 0 Å². The zero-order chi connectivity index (χ0) is 11.8. The summed E-state index contributed by atoms with van der Waals surface area (Å²) in [4.78, 5) is 0. The predicted octanol–water partition coefficient (Wildman–Crippen LogP) is 1.78. The van der Waals surface area contributed by atoms with E-state index in [2.05, 4.69) is 4.74 Å². The van der Waals surface area contributed by atoms with Gasteiger partial charge in [0.1, 0.15) is 0 Å². The van der Waals surface area contributed by atoms with Gasteiger partial charge in [-0.1, -0.05) is 0 Å². The third-order valence-electron chi connectivity index (χ3n) is 1.31. The van der Waals surface area contributed by atoms with Crippen molar-refractivity contribution < 1.29 is 40.6 Å². The van der Waals surface area contributed by atoms with Crippen molar-refractivity contribution >= 4 is 0 Å². The van der Waals surface area contributed by atoms with Gasteiger partial charge in [-0.15, -0.1) is 0 Å². The smallest absolute Gasteiger partial charge is 0.363 e. The van der Waals surface area contributed by atoms with E-state index < -0.39 is 24.3 Å². The van der Waals surface area contributed by atoms with Gasteiger partial charge >= 0.3 is 18.0 Å². The summed E-state index contributed by atoms with van der Waals surface area (Å²) >= 11 is 0. The Morgan fingerprint density at radius 3 is 1.57 bits per heavy atom. The van der Waals surface area contributed by atoms with Crippen molar-refractivity contribution in [3.8, 4) is 0 Å². The van der Waals surface area contributed by atoms with Crippen molar-refractivity contribution in [2.24, 2.45) is 0 Å². The SMILES string of the molecule is CO[C@@H](O)C(F)(F)C(F)(F)C(F)(F)F. The third-order valence-corrected chi connectivity index (χ3v) is 1.31. The van der Waals surface area contributed by atoms with Gasteiger partial charge in [-0.25, -0.2) is 0 Å². The lowest BCUT2D eigenvalue weighted by Crippen LogP contribution is -2.58. The number of hydrogen-bond acceptors (Lipinski definition) is 2. The maximum Gasteiger partial charge on any atom is 0.460 e. The van der Waals surface area contributed by atoms with Crippen LogP contribution in [0.15, 0.2) is 0 Å². The lowest BCUT2D eigenvalue weighted by Gasteiger charge is -2.30. The number of rotatable bonds is 3. The van der Waals surface area contributed by atoms with Crippen LogP contribution in [-0.2, 0) is 4.74 Å². The normalized spacial score (nSPS) is 16.9. The highest BCUT2D eigenvalue weighted by Crippen LogP contribution is 2.47. The molecule has 1 atom stereocenters. The Morgan fingerprint density at radius 2 is 1.36 bits per heavy atom. The van der Waals surface area contributed by atoms with Gasteiger partial charge in [0, 0.05) is 7.11 Å². The molecule has 1 N–H and O–H groups in total. The van der Waals surface area contributed by atoms with Crippen molar-refractivity contribution in [3.63, 3.8) is 0 Å². The summed E-state index contributed by atoms with van der Waals surface area (Å²) < 4.78 is 86.2. The van der Waals surface area contributed by atoms with E-state index in [1.54, 1.807) is 0 Å². The fraction of sp³-hybridized carbons (Fsp3) is 1.00. The molecule has 0 aromatic heterocycles. The standard InChI is InChI=1S/C5H5F7O2/c1-14-2(13)3(6,7)4(8,9)5(10,11)12/h2,13H,1H3/t2-/m1/s1. The Morgan fingerprint density at radius 1 is 1.00 bits per heavy atom. The number of aliphatic hydroxyl groups excluding tert-OH is 1. The van der Waals surface area contributed by atoms with Crippen LogP contribution >= 0.6 is 0 Å². The molecule has 0 bridgehead atoms. The number of aliphatic hydroxyl groups is 1. The van der Waals surface area contributed by atoms with E-state index in [9.17, 15) is 30.7 Å². The third kappa shape index (κ3) is 1.92. The van der Waals surface area contributed by atoms with Gasteiger partial charge in [0.25, 0.3) is 0 Å². The Labute approximate surface area is 73.3 Å². The van der Waals surface area contributed by atoms with Crippen molar-refractivity contribution in [1.29, 1.82) is 0 Å². The van der Waals surface area contributed by atoms with Gasteiger partial charge in [-0.05, 0) is 0 Å². The number of halogens is 7. The molecule has 86 valence electrons. The van der Waals surface area contributed by atoms with E-state index in [1.807, 2.05) is 0 Å².